The molecule has 0 fully saturated rings. The smallest absolute Gasteiger partial charge is 0.409 e. The quantitative estimate of drug-likeness (QED) is 0.423. The van der Waals surface area contributed by atoms with Crippen LogP contribution in [0.25, 0.3) is 16.9 Å². The van der Waals surface area contributed by atoms with Crippen molar-refractivity contribution in [1.82, 2.24) is 9.38 Å². The molecule has 2 aromatic carbocycles. The molecule has 0 aliphatic heterocycles. The first-order valence-corrected chi connectivity index (χ1v) is 9.92. The van der Waals surface area contributed by atoms with Gasteiger partial charge in [-0.05, 0) is 48.5 Å². The van der Waals surface area contributed by atoms with Crippen LogP contribution in [0.15, 0.2) is 73.1 Å². The molecule has 0 bridgehead atoms. The molecule has 0 atom stereocenters. The van der Waals surface area contributed by atoms with Gasteiger partial charge in [0.25, 0.3) is 5.91 Å². The minimum absolute atomic E-state index is 0.104. The number of halogens is 1. The fourth-order valence-electron chi connectivity index (χ4n) is 3.32. The van der Waals surface area contributed by atoms with Gasteiger partial charge in [0, 0.05) is 28.2 Å². The Hall–Kier alpha value is -4.28. The number of pyridine rings is 1. The van der Waals surface area contributed by atoms with Crippen LogP contribution < -0.4 is 10.2 Å². The molecule has 2 amide bonds. The lowest BCUT2D eigenvalue weighted by Crippen LogP contribution is -2.31. The van der Waals surface area contributed by atoms with E-state index in [0.717, 1.165) is 11.3 Å². The predicted molar refractivity (Wildman–Crippen MR) is 124 cm³/mol. The highest BCUT2D eigenvalue weighted by Crippen LogP contribution is 2.25. The SMILES string of the molecule is C#CCN(C(=O)c1ccc2ncc(-c3ccc(NC(=O)O)cc3)n2c1)c1ccc(Cl)cc1. The van der Waals surface area contributed by atoms with Crippen molar-refractivity contribution in [2.45, 2.75) is 0 Å². The van der Waals surface area contributed by atoms with Crippen molar-refractivity contribution < 1.29 is 14.7 Å². The summed E-state index contributed by atoms with van der Waals surface area (Å²) < 4.78 is 1.81. The molecule has 2 heterocycles. The standard InChI is InChI=1S/C24H17ClN4O3/c1-2-13-28(20-10-6-18(25)7-11-20)23(30)17-5-12-22-26-14-21(29(22)15-17)16-3-8-19(9-4-16)27-24(31)32/h1,3-12,14-15,27H,13H2,(H,31,32). The molecular formula is C24H17ClN4O3. The Labute approximate surface area is 188 Å². The average molecular weight is 445 g/mol. The molecule has 0 radical (unpaired) electrons. The Morgan fingerprint density at radius 3 is 2.47 bits per heavy atom. The zero-order valence-electron chi connectivity index (χ0n) is 16.7. The lowest BCUT2D eigenvalue weighted by Gasteiger charge is -2.20. The summed E-state index contributed by atoms with van der Waals surface area (Å²) in [4.78, 5) is 30.0. The van der Waals surface area contributed by atoms with E-state index in [1.165, 1.54) is 4.90 Å². The minimum atomic E-state index is -1.13. The van der Waals surface area contributed by atoms with Crippen LogP contribution in [0.5, 0.6) is 0 Å². The van der Waals surface area contributed by atoms with Gasteiger partial charge in [-0.2, -0.15) is 0 Å². The van der Waals surface area contributed by atoms with Crippen molar-refractivity contribution in [1.29, 1.82) is 0 Å². The number of anilines is 2. The summed E-state index contributed by atoms with van der Waals surface area (Å²) in [5.74, 6) is 2.27. The number of terminal acetylenes is 1. The van der Waals surface area contributed by atoms with Crippen LogP contribution in [0, 0.1) is 12.3 Å². The number of benzene rings is 2. The van der Waals surface area contributed by atoms with Crippen molar-refractivity contribution in [2.75, 3.05) is 16.8 Å². The topological polar surface area (TPSA) is 86.9 Å². The van der Waals surface area contributed by atoms with Crippen LogP contribution in [-0.2, 0) is 0 Å². The first-order valence-electron chi connectivity index (χ1n) is 9.54. The molecule has 0 spiro atoms. The number of amides is 2. The molecular weight excluding hydrogens is 428 g/mol. The molecule has 32 heavy (non-hydrogen) atoms. The number of carbonyl (C=O) groups excluding carboxylic acids is 1. The van der Waals surface area contributed by atoms with E-state index in [9.17, 15) is 9.59 Å². The van der Waals surface area contributed by atoms with Gasteiger partial charge in [0.2, 0.25) is 0 Å². The molecule has 0 aliphatic carbocycles. The fraction of sp³-hybridized carbons (Fsp3) is 0.0417. The average Bonchev–Trinajstić information content (AvgIpc) is 3.21. The second-order valence-corrected chi connectivity index (χ2v) is 7.31. The van der Waals surface area contributed by atoms with Gasteiger partial charge in [-0.25, -0.2) is 9.78 Å². The molecule has 8 heteroatoms. The van der Waals surface area contributed by atoms with Crippen molar-refractivity contribution in [3.63, 3.8) is 0 Å². The Morgan fingerprint density at radius 2 is 1.81 bits per heavy atom. The highest BCUT2D eigenvalue weighted by Gasteiger charge is 2.18. The number of rotatable bonds is 5. The molecule has 7 nitrogen and oxygen atoms in total. The summed E-state index contributed by atoms with van der Waals surface area (Å²) in [6.45, 7) is 0.104. The summed E-state index contributed by atoms with van der Waals surface area (Å²) in [6, 6.07) is 17.2. The molecule has 4 rings (SSSR count). The number of carbonyl (C=O) groups is 2. The number of fused-ring (bicyclic) bond motifs is 1. The maximum absolute atomic E-state index is 13.3. The third kappa shape index (κ3) is 4.26. The maximum Gasteiger partial charge on any atom is 0.409 e. The Balaban J connectivity index is 1.70. The number of nitrogens with one attached hydrogen (secondary N) is 1. The molecule has 0 saturated heterocycles. The van der Waals surface area contributed by atoms with Crippen LogP contribution >= 0.6 is 11.6 Å². The van der Waals surface area contributed by atoms with Crippen LogP contribution in [-0.4, -0.2) is 33.0 Å². The van der Waals surface area contributed by atoms with E-state index in [4.69, 9.17) is 23.1 Å². The number of hydrogen-bond acceptors (Lipinski definition) is 3. The van der Waals surface area contributed by atoms with E-state index < -0.39 is 6.09 Å². The van der Waals surface area contributed by atoms with Crippen LogP contribution in [0.3, 0.4) is 0 Å². The summed E-state index contributed by atoms with van der Waals surface area (Å²) in [7, 11) is 0. The lowest BCUT2D eigenvalue weighted by atomic mass is 10.1. The zero-order chi connectivity index (χ0) is 22.7. The van der Waals surface area contributed by atoms with Gasteiger partial charge in [0.1, 0.15) is 5.65 Å². The summed E-state index contributed by atoms with van der Waals surface area (Å²) in [5.41, 5.74) is 3.77. The first kappa shape index (κ1) is 21.0. The van der Waals surface area contributed by atoms with Gasteiger partial charge in [0.15, 0.2) is 0 Å². The largest absolute Gasteiger partial charge is 0.465 e. The van der Waals surface area contributed by atoms with Gasteiger partial charge in [-0.1, -0.05) is 29.7 Å². The van der Waals surface area contributed by atoms with E-state index in [0.29, 0.717) is 27.6 Å². The number of carboxylic acid groups (broad SMARTS) is 1. The van der Waals surface area contributed by atoms with Gasteiger partial charge in [0.05, 0.1) is 24.0 Å². The van der Waals surface area contributed by atoms with Crippen LogP contribution in [0.2, 0.25) is 5.02 Å². The van der Waals surface area contributed by atoms with Gasteiger partial charge >= 0.3 is 6.09 Å². The Kier molecular flexibility index (Phi) is 5.79. The predicted octanol–water partition coefficient (Wildman–Crippen LogP) is 5.02. The highest BCUT2D eigenvalue weighted by molar-refractivity contribution is 6.30. The lowest BCUT2D eigenvalue weighted by molar-refractivity contribution is 0.0989. The summed E-state index contributed by atoms with van der Waals surface area (Å²) in [5, 5.41) is 11.7. The molecule has 0 unspecified atom stereocenters. The van der Waals surface area contributed by atoms with Crippen molar-refractivity contribution in [3.05, 3.63) is 83.6 Å². The zero-order valence-corrected chi connectivity index (χ0v) is 17.5. The maximum atomic E-state index is 13.3. The first-order chi connectivity index (χ1) is 15.5. The Bertz CT molecular complexity index is 1340. The van der Waals surface area contributed by atoms with Crippen LogP contribution in [0.4, 0.5) is 16.2 Å². The molecule has 2 N–H and O–H groups in total. The minimum Gasteiger partial charge on any atom is -0.465 e. The van der Waals surface area contributed by atoms with Gasteiger partial charge in [-0.15, -0.1) is 6.42 Å². The van der Waals surface area contributed by atoms with Crippen molar-refractivity contribution in [2.24, 2.45) is 0 Å². The number of hydrogen-bond donors (Lipinski definition) is 2. The van der Waals surface area contributed by atoms with E-state index in [-0.39, 0.29) is 12.5 Å². The highest BCUT2D eigenvalue weighted by atomic mass is 35.5. The molecule has 4 aromatic rings. The van der Waals surface area contributed by atoms with Crippen molar-refractivity contribution in [3.8, 4) is 23.6 Å². The number of nitrogens with zero attached hydrogens (tertiary/aromatic N) is 3. The molecule has 2 aromatic heterocycles. The second kappa shape index (κ2) is 8.84. The monoisotopic (exact) mass is 444 g/mol. The van der Waals surface area contributed by atoms with E-state index in [2.05, 4.69) is 16.2 Å². The summed E-state index contributed by atoms with van der Waals surface area (Å²) >= 11 is 5.97. The van der Waals surface area contributed by atoms with Crippen molar-refractivity contribution >= 4 is 40.6 Å². The third-order valence-electron chi connectivity index (χ3n) is 4.82. The molecule has 158 valence electrons. The van der Waals surface area contributed by atoms with E-state index in [1.54, 1.807) is 73.1 Å². The normalized spacial score (nSPS) is 10.5. The second-order valence-electron chi connectivity index (χ2n) is 6.87. The van der Waals surface area contributed by atoms with Gasteiger partial charge < -0.3 is 5.11 Å². The summed E-state index contributed by atoms with van der Waals surface area (Å²) in [6.07, 6.45) is 7.78. The molecule has 0 aliphatic rings. The molecule has 0 saturated carbocycles. The van der Waals surface area contributed by atoms with E-state index >= 15 is 0 Å². The Morgan fingerprint density at radius 1 is 1.09 bits per heavy atom. The third-order valence-corrected chi connectivity index (χ3v) is 5.07. The fourth-order valence-corrected chi connectivity index (χ4v) is 3.44. The number of imidazole rings is 1. The van der Waals surface area contributed by atoms with E-state index in [1.807, 2.05) is 4.40 Å². The van der Waals surface area contributed by atoms with Gasteiger partial charge in [-0.3, -0.25) is 19.4 Å². The van der Waals surface area contributed by atoms with Crippen LogP contribution in [0.1, 0.15) is 10.4 Å². The number of aromatic nitrogens is 2.